The van der Waals surface area contributed by atoms with Crippen LogP contribution in [0.2, 0.25) is 0 Å². The minimum absolute atomic E-state index is 0.0290. The van der Waals surface area contributed by atoms with Crippen LogP contribution in [0, 0.1) is 0 Å². The first-order chi connectivity index (χ1) is 13.0. The predicted octanol–water partition coefficient (Wildman–Crippen LogP) is 0.506. The van der Waals surface area contributed by atoms with Crippen LogP contribution in [0.25, 0.3) is 0 Å². The van der Waals surface area contributed by atoms with Crippen molar-refractivity contribution in [3.63, 3.8) is 0 Å². The predicted molar refractivity (Wildman–Crippen MR) is 105 cm³/mol. The van der Waals surface area contributed by atoms with E-state index in [0.717, 1.165) is 32.5 Å². The number of nitrogens with one attached hydrogen (secondary N) is 2. The van der Waals surface area contributed by atoms with E-state index in [9.17, 15) is 9.59 Å². The number of carbonyl (C=O) groups is 2. The van der Waals surface area contributed by atoms with Crippen molar-refractivity contribution in [1.82, 2.24) is 25.3 Å². The standard InChI is InChI=1S/C20H31N5O2/c1-23-13-17-7-4-3-6-16(17)12-18(23)14-24(2)20(27)22-8-5-10-25-11-9-21-19(26)15-25/h3-4,6-7,18H,5,8-15H2,1-2H3,(H,21,26)(H,22,27)/t18-/m1/s1. The van der Waals surface area contributed by atoms with Gasteiger partial charge in [-0.15, -0.1) is 0 Å². The molecule has 3 rings (SSSR count). The Labute approximate surface area is 161 Å². The van der Waals surface area contributed by atoms with Crippen molar-refractivity contribution in [2.24, 2.45) is 0 Å². The topological polar surface area (TPSA) is 67.9 Å². The number of amides is 3. The minimum Gasteiger partial charge on any atom is -0.354 e. The molecule has 0 radical (unpaired) electrons. The van der Waals surface area contributed by atoms with Gasteiger partial charge >= 0.3 is 6.03 Å². The summed E-state index contributed by atoms with van der Waals surface area (Å²) < 4.78 is 0. The molecule has 0 bridgehead atoms. The molecular formula is C20H31N5O2. The number of piperazine rings is 1. The van der Waals surface area contributed by atoms with Crippen LogP contribution in [0.4, 0.5) is 4.79 Å². The Morgan fingerprint density at radius 2 is 2.07 bits per heavy atom. The van der Waals surface area contributed by atoms with Gasteiger partial charge in [0.05, 0.1) is 6.54 Å². The van der Waals surface area contributed by atoms with Crippen molar-refractivity contribution in [2.45, 2.75) is 25.4 Å². The zero-order valence-electron chi connectivity index (χ0n) is 16.4. The van der Waals surface area contributed by atoms with Crippen LogP contribution < -0.4 is 10.6 Å². The van der Waals surface area contributed by atoms with Crippen LogP contribution >= 0.6 is 0 Å². The smallest absolute Gasteiger partial charge is 0.317 e. The SMILES string of the molecule is CN(C[C@H]1Cc2ccccc2CN1C)C(=O)NCCCN1CCNC(=O)C1. The van der Waals surface area contributed by atoms with E-state index in [2.05, 4.69) is 51.7 Å². The number of hydrogen-bond donors (Lipinski definition) is 2. The van der Waals surface area contributed by atoms with Crippen LogP contribution in [0.5, 0.6) is 0 Å². The monoisotopic (exact) mass is 373 g/mol. The lowest BCUT2D eigenvalue weighted by atomic mass is 9.94. The van der Waals surface area contributed by atoms with Crippen molar-refractivity contribution < 1.29 is 9.59 Å². The summed E-state index contributed by atoms with van der Waals surface area (Å²) in [6, 6.07) is 8.86. The molecule has 7 heteroatoms. The summed E-state index contributed by atoms with van der Waals surface area (Å²) >= 11 is 0. The van der Waals surface area contributed by atoms with Gasteiger partial charge in [-0.05, 0) is 31.0 Å². The Bertz CT molecular complexity index is 666. The van der Waals surface area contributed by atoms with E-state index in [4.69, 9.17) is 0 Å². The lowest BCUT2D eigenvalue weighted by molar-refractivity contribution is -0.124. The Hall–Kier alpha value is -2.12. The summed E-state index contributed by atoms with van der Waals surface area (Å²) in [5.74, 6) is 0.0863. The summed E-state index contributed by atoms with van der Waals surface area (Å²) in [6.07, 6.45) is 1.82. The minimum atomic E-state index is -0.0290. The zero-order chi connectivity index (χ0) is 19.2. The average molecular weight is 374 g/mol. The molecule has 1 fully saturated rings. The second kappa shape index (κ2) is 9.19. The third-order valence-corrected chi connectivity index (χ3v) is 5.49. The molecule has 2 heterocycles. The molecule has 0 aliphatic carbocycles. The molecule has 1 saturated heterocycles. The quantitative estimate of drug-likeness (QED) is 0.713. The van der Waals surface area contributed by atoms with E-state index in [0.29, 0.717) is 32.2 Å². The lowest BCUT2D eigenvalue weighted by Crippen LogP contribution is -2.49. The van der Waals surface area contributed by atoms with Gasteiger partial charge in [0, 0.05) is 52.4 Å². The molecule has 1 aromatic rings. The number of urea groups is 1. The second-order valence-electron chi connectivity index (χ2n) is 7.63. The maximum Gasteiger partial charge on any atom is 0.317 e. The fourth-order valence-corrected chi connectivity index (χ4v) is 3.84. The molecule has 2 N–H and O–H groups in total. The Kier molecular flexibility index (Phi) is 6.68. The van der Waals surface area contributed by atoms with Gasteiger partial charge in [-0.1, -0.05) is 24.3 Å². The highest BCUT2D eigenvalue weighted by Crippen LogP contribution is 2.22. The van der Waals surface area contributed by atoms with E-state index in [-0.39, 0.29) is 11.9 Å². The Balaban J connectivity index is 1.38. The highest BCUT2D eigenvalue weighted by atomic mass is 16.2. The van der Waals surface area contributed by atoms with Crippen LogP contribution in [-0.4, -0.2) is 86.0 Å². The van der Waals surface area contributed by atoms with Gasteiger partial charge in [0.1, 0.15) is 0 Å². The van der Waals surface area contributed by atoms with Gasteiger partial charge in [0.15, 0.2) is 0 Å². The number of hydrogen-bond acceptors (Lipinski definition) is 4. The van der Waals surface area contributed by atoms with Crippen molar-refractivity contribution in [3.8, 4) is 0 Å². The normalized spacial score (nSPS) is 20.7. The highest BCUT2D eigenvalue weighted by Gasteiger charge is 2.25. The van der Waals surface area contributed by atoms with Crippen molar-refractivity contribution in [3.05, 3.63) is 35.4 Å². The fourth-order valence-electron chi connectivity index (χ4n) is 3.84. The summed E-state index contributed by atoms with van der Waals surface area (Å²) in [4.78, 5) is 30.0. The van der Waals surface area contributed by atoms with Crippen molar-refractivity contribution in [1.29, 1.82) is 0 Å². The number of rotatable bonds is 6. The number of carbonyl (C=O) groups excluding carboxylic acids is 2. The molecule has 27 heavy (non-hydrogen) atoms. The van der Waals surface area contributed by atoms with Gasteiger partial charge in [-0.25, -0.2) is 4.79 Å². The van der Waals surface area contributed by atoms with E-state index < -0.39 is 0 Å². The molecule has 0 saturated carbocycles. The van der Waals surface area contributed by atoms with E-state index in [1.165, 1.54) is 11.1 Å². The van der Waals surface area contributed by atoms with Gasteiger partial charge in [0.25, 0.3) is 0 Å². The molecule has 148 valence electrons. The lowest BCUT2D eigenvalue weighted by Gasteiger charge is -2.36. The largest absolute Gasteiger partial charge is 0.354 e. The summed E-state index contributed by atoms with van der Waals surface area (Å²) in [7, 11) is 3.99. The maximum absolute atomic E-state index is 12.4. The highest BCUT2D eigenvalue weighted by molar-refractivity contribution is 5.78. The Morgan fingerprint density at radius 3 is 2.85 bits per heavy atom. The molecule has 0 aromatic heterocycles. The molecule has 0 unspecified atom stereocenters. The van der Waals surface area contributed by atoms with Crippen LogP contribution in [0.15, 0.2) is 24.3 Å². The van der Waals surface area contributed by atoms with E-state index in [1.54, 1.807) is 4.90 Å². The van der Waals surface area contributed by atoms with Crippen LogP contribution in [0.3, 0.4) is 0 Å². The number of fused-ring (bicyclic) bond motifs is 1. The zero-order valence-corrected chi connectivity index (χ0v) is 16.4. The summed E-state index contributed by atoms with van der Waals surface area (Å²) in [6.45, 7) is 5.16. The molecule has 7 nitrogen and oxygen atoms in total. The molecule has 1 aromatic carbocycles. The maximum atomic E-state index is 12.4. The van der Waals surface area contributed by atoms with Crippen molar-refractivity contribution in [2.75, 3.05) is 53.4 Å². The first kappa shape index (κ1) is 19.6. The molecule has 2 aliphatic rings. The first-order valence-electron chi connectivity index (χ1n) is 9.78. The van der Waals surface area contributed by atoms with Gasteiger partial charge in [-0.2, -0.15) is 0 Å². The number of benzene rings is 1. The average Bonchev–Trinajstić information content (AvgIpc) is 2.65. The number of likely N-dealkylation sites (N-methyl/N-ethyl adjacent to an activating group) is 2. The van der Waals surface area contributed by atoms with Crippen LogP contribution in [-0.2, 0) is 17.8 Å². The van der Waals surface area contributed by atoms with Crippen LogP contribution in [0.1, 0.15) is 17.5 Å². The van der Waals surface area contributed by atoms with Gasteiger partial charge in [0.2, 0.25) is 5.91 Å². The fraction of sp³-hybridized carbons (Fsp3) is 0.600. The summed E-state index contributed by atoms with van der Waals surface area (Å²) in [5, 5.41) is 5.82. The van der Waals surface area contributed by atoms with E-state index >= 15 is 0 Å². The van der Waals surface area contributed by atoms with E-state index in [1.807, 2.05) is 7.05 Å². The molecule has 3 amide bonds. The van der Waals surface area contributed by atoms with Gasteiger partial charge in [-0.3, -0.25) is 14.6 Å². The Morgan fingerprint density at radius 1 is 1.30 bits per heavy atom. The first-order valence-corrected chi connectivity index (χ1v) is 9.78. The third-order valence-electron chi connectivity index (χ3n) is 5.49. The molecule has 2 aliphatic heterocycles. The second-order valence-corrected chi connectivity index (χ2v) is 7.63. The molecular weight excluding hydrogens is 342 g/mol. The molecule has 0 spiro atoms. The molecule has 1 atom stereocenters. The van der Waals surface area contributed by atoms with Crippen molar-refractivity contribution >= 4 is 11.9 Å². The third kappa shape index (κ3) is 5.43. The van der Waals surface area contributed by atoms with Gasteiger partial charge < -0.3 is 15.5 Å². The summed E-state index contributed by atoms with van der Waals surface area (Å²) in [5.41, 5.74) is 2.77. The number of nitrogens with zero attached hydrogens (tertiary/aromatic N) is 3.